The quantitative estimate of drug-likeness (QED) is 0.517. The molecule has 2 aromatic heterocycles. The molecule has 1 unspecified atom stereocenters. The minimum absolute atomic E-state index is 0.0224. The number of nitrogens with zero attached hydrogens (tertiary/aromatic N) is 2. The molecule has 0 aliphatic heterocycles. The first-order chi connectivity index (χ1) is 13.0. The van der Waals surface area contributed by atoms with Gasteiger partial charge < -0.3 is 14.5 Å². The number of benzene rings is 1. The average molecular weight is 365 g/mol. The minimum Gasteiger partial charge on any atom is -0.354 e. The molecule has 6 heteroatoms. The molecule has 0 fully saturated rings. The smallest absolute Gasteiger partial charge is 0.250 e. The van der Waals surface area contributed by atoms with Gasteiger partial charge in [0, 0.05) is 48.0 Å². The van der Waals surface area contributed by atoms with Gasteiger partial charge in [-0.1, -0.05) is 24.3 Å². The Balaban J connectivity index is 1.66. The lowest BCUT2D eigenvalue weighted by Crippen LogP contribution is -2.32. The van der Waals surface area contributed by atoms with E-state index in [1.54, 1.807) is 23.0 Å². The van der Waals surface area contributed by atoms with Crippen LogP contribution in [0.1, 0.15) is 36.7 Å². The highest BCUT2D eigenvalue weighted by Gasteiger charge is 2.19. The molecule has 0 aliphatic carbocycles. The van der Waals surface area contributed by atoms with E-state index in [2.05, 4.69) is 5.32 Å². The second kappa shape index (κ2) is 8.03. The van der Waals surface area contributed by atoms with Crippen LogP contribution in [0.3, 0.4) is 0 Å². The Labute approximate surface area is 157 Å². The zero-order valence-electron chi connectivity index (χ0n) is 15.5. The molecule has 0 radical (unpaired) electrons. The van der Waals surface area contributed by atoms with Gasteiger partial charge in [0.2, 0.25) is 11.5 Å². The number of pyridine rings is 1. The third kappa shape index (κ3) is 4.00. The number of rotatable bonds is 7. The summed E-state index contributed by atoms with van der Waals surface area (Å²) in [4.78, 5) is 36.1. The number of hydrogen-bond acceptors (Lipinski definition) is 3. The fourth-order valence-electron chi connectivity index (χ4n) is 3.19. The number of carbonyl (C=O) groups is 2. The van der Waals surface area contributed by atoms with Gasteiger partial charge in [0.05, 0.1) is 0 Å². The Morgan fingerprint density at radius 2 is 1.85 bits per heavy atom. The maximum Gasteiger partial charge on any atom is 0.250 e. The molecule has 6 nitrogen and oxygen atoms in total. The van der Waals surface area contributed by atoms with E-state index < -0.39 is 6.04 Å². The van der Waals surface area contributed by atoms with Crippen molar-refractivity contribution in [3.8, 4) is 0 Å². The summed E-state index contributed by atoms with van der Waals surface area (Å²) in [6.07, 6.45) is 4.15. The maximum atomic E-state index is 12.6. The van der Waals surface area contributed by atoms with Crippen molar-refractivity contribution in [3.63, 3.8) is 0 Å². The third-order valence-electron chi connectivity index (χ3n) is 4.69. The third-order valence-corrected chi connectivity index (χ3v) is 4.69. The monoisotopic (exact) mass is 365 g/mol. The molecule has 0 aliphatic rings. The van der Waals surface area contributed by atoms with E-state index in [4.69, 9.17) is 0 Å². The standard InChI is InChI=1S/C21H23N3O3/c1-15(21(27)22-11-7-13-23-12-6-5-10-20(23)26)24-14-18(16(2)25)17-8-3-4-9-19(17)24/h3-6,8-10,12,14-15H,7,11,13H2,1-2H3,(H,22,27). The predicted octanol–water partition coefficient (Wildman–Crippen LogP) is 2.77. The number of Topliss-reactive ketones (excluding diaryl/α,β-unsaturated/α-hetero) is 1. The molecule has 1 atom stereocenters. The van der Waals surface area contributed by atoms with Gasteiger partial charge in [-0.15, -0.1) is 0 Å². The van der Waals surface area contributed by atoms with Crippen molar-refractivity contribution in [2.45, 2.75) is 32.9 Å². The summed E-state index contributed by atoms with van der Waals surface area (Å²) in [7, 11) is 0. The summed E-state index contributed by atoms with van der Waals surface area (Å²) in [5.41, 5.74) is 1.43. The first kappa shape index (κ1) is 18.6. The van der Waals surface area contributed by atoms with Crippen LogP contribution in [0, 0.1) is 0 Å². The number of ketones is 1. The van der Waals surface area contributed by atoms with Crippen LogP contribution in [-0.2, 0) is 11.3 Å². The maximum absolute atomic E-state index is 12.6. The fourth-order valence-corrected chi connectivity index (χ4v) is 3.19. The fraction of sp³-hybridized carbons (Fsp3) is 0.286. The Kier molecular flexibility index (Phi) is 5.54. The molecule has 1 N–H and O–H groups in total. The summed E-state index contributed by atoms with van der Waals surface area (Å²) in [5, 5.41) is 3.77. The number of nitrogens with one attached hydrogen (secondary N) is 1. The lowest BCUT2D eigenvalue weighted by Gasteiger charge is -2.15. The molecule has 3 rings (SSSR count). The van der Waals surface area contributed by atoms with Crippen LogP contribution in [0.2, 0.25) is 0 Å². The Morgan fingerprint density at radius 3 is 2.59 bits per heavy atom. The first-order valence-electron chi connectivity index (χ1n) is 9.02. The summed E-state index contributed by atoms with van der Waals surface area (Å²) in [6, 6.07) is 12.2. The van der Waals surface area contributed by atoms with E-state index in [9.17, 15) is 14.4 Å². The molecule has 1 aromatic carbocycles. The molecule has 0 bridgehead atoms. The van der Waals surface area contributed by atoms with Crippen molar-refractivity contribution < 1.29 is 9.59 Å². The molecular formula is C21H23N3O3. The van der Waals surface area contributed by atoms with Gasteiger partial charge in [0.15, 0.2) is 5.78 Å². The molecular weight excluding hydrogens is 342 g/mol. The van der Waals surface area contributed by atoms with Gasteiger partial charge in [-0.05, 0) is 32.4 Å². The molecule has 3 aromatic rings. The van der Waals surface area contributed by atoms with Gasteiger partial charge in [-0.25, -0.2) is 0 Å². The van der Waals surface area contributed by atoms with Crippen molar-refractivity contribution in [2.24, 2.45) is 0 Å². The second-order valence-corrected chi connectivity index (χ2v) is 6.58. The Bertz CT molecular complexity index is 1030. The number of amides is 1. The van der Waals surface area contributed by atoms with Crippen molar-refractivity contribution in [1.82, 2.24) is 14.5 Å². The number of para-hydroxylation sites is 1. The minimum atomic E-state index is -0.442. The van der Waals surface area contributed by atoms with Crippen LogP contribution in [0.5, 0.6) is 0 Å². The van der Waals surface area contributed by atoms with E-state index in [1.165, 1.54) is 13.0 Å². The van der Waals surface area contributed by atoms with E-state index in [1.807, 2.05) is 41.8 Å². The number of aryl methyl sites for hydroxylation is 1. The van der Waals surface area contributed by atoms with Crippen LogP contribution in [0.4, 0.5) is 0 Å². The highest BCUT2D eigenvalue weighted by molar-refractivity contribution is 6.07. The van der Waals surface area contributed by atoms with Crippen molar-refractivity contribution >= 4 is 22.6 Å². The highest BCUT2D eigenvalue weighted by atomic mass is 16.2. The predicted molar refractivity (Wildman–Crippen MR) is 105 cm³/mol. The van der Waals surface area contributed by atoms with Crippen molar-refractivity contribution in [2.75, 3.05) is 6.54 Å². The highest BCUT2D eigenvalue weighted by Crippen LogP contribution is 2.25. The van der Waals surface area contributed by atoms with Crippen molar-refractivity contribution in [3.05, 3.63) is 70.8 Å². The van der Waals surface area contributed by atoms with Crippen LogP contribution in [-0.4, -0.2) is 27.4 Å². The van der Waals surface area contributed by atoms with E-state index in [0.29, 0.717) is 25.1 Å². The van der Waals surface area contributed by atoms with Gasteiger partial charge in [-0.3, -0.25) is 14.4 Å². The molecule has 2 heterocycles. The molecule has 1 amide bonds. The molecule has 27 heavy (non-hydrogen) atoms. The summed E-state index contributed by atoms with van der Waals surface area (Å²) in [5.74, 6) is -0.142. The lowest BCUT2D eigenvalue weighted by molar-refractivity contribution is -0.123. The van der Waals surface area contributed by atoms with Crippen LogP contribution in [0.25, 0.3) is 10.9 Å². The first-order valence-corrected chi connectivity index (χ1v) is 9.02. The number of hydrogen-bond donors (Lipinski definition) is 1. The van der Waals surface area contributed by atoms with Gasteiger partial charge in [0.1, 0.15) is 6.04 Å². The lowest BCUT2D eigenvalue weighted by atomic mass is 10.1. The largest absolute Gasteiger partial charge is 0.354 e. The summed E-state index contributed by atoms with van der Waals surface area (Å²) < 4.78 is 3.46. The molecule has 0 saturated heterocycles. The molecule has 0 saturated carbocycles. The van der Waals surface area contributed by atoms with Gasteiger partial charge >= 0.3 is 0 Å². The van der Waals surface area contributed by atoms with Crippen LogP contribution < -0.4 is 10.9 Å². The van der Waals surface area contributed by atoms with Crippen LogP contribution >= 0.6 is 0 Å². The Hall–Kier alpha value is -3.15. The second-order valence-electron chi connectivity index (χ2n) is 6.58. The normalized spacial score (nSPS) is 12.1. The zero-order valence-corrected chi connectivity index (χ0v) is 15.5. The molecule has 0 spiro atoms. The van der Waals surface area contributed by atoms with Gasteiger partial charge in [0.25, 0.3) is 0 Å². The Morgan fingerprint density at radius 1 is 1.11 bits per heavy atom. The van der Waals surface area contributed by atoms with E-state index in [-0.39, 0.29) is 17.2 Å². The number of fused-ring (bicyclic) bond motifs is 1. The average Bonchev–Trinajstić information content (AvgIpc) is 3.05. The SMILES string of the molecule is CC(=O)c1cn(C(C)C(=O)NCCCn2ccccc2=O)c2ccccc12. The van der Waals surface area contributed by atoms with Crippen molar-refractivity contribution in [1.29, 1.82) is 0 Å². The van der Waals surface area contributed by atoms with Crippen LogP contribution in [0.15, 0.2) is 59.7 Å². The summed E-state index contributed by atoms with van der Waals surface area (Å²) >= 11 is 0. The van der Waals surface area contributed by atoms with E-state index in [0.717, 1.165) is 10.9 Å². The summed E-state index contributed by atoms with van der Waals surface area (Å²) in [6.45, 7) is 4.37. The number of carbonyl (C=O) groups excluding carboxylic acids is 2. The zero-order chi connectivity index (χ0) is 19.4. The van der Waals surface area contributed by atoms with Gasteiger partial charge in [-0.2, -0.15) is 0 Å². The molecule has 140 valence electrons. The topological polar surface area (TPSA) is 73.1 Å². The number of aromatic nitrogens is 2. The van der Waals surface area contributed by atoms with E-state index >= 15 is 0 Å².